The first-order chi connectivity index (χ1) is 7.90. The molecule has 1 aromatic carbocycles. The van der Waals surface area contributed by atoms with E-state index in [2.05, 4.69) is 4.72 Å². The number of aliphatic hydroxyl groups is 1. The van der Waals surface area contributed by atoms with E-state index in [1.54, 1.807) is 6.07 Å². The van der Waals surface area contributed by atoms with E-state index in [4.69, 9.17) is 22.4 Å². The lowest BCUT2D eigenvalue weighted by Crippen LogP contribution is -2.46. The van der Waals surface area contributed by atoms with Crippen molar-refractivity contribution in [3.63, 3.8) is 0 Å². The van der Waals surface area contributed by atoms with Crippen LogP contribution in [0.3, 0.4) is 0 Å². The number of hydrogen-bond donors (Lipinski definition) is 3. The second kappa shape index (κ2) is 4.45. The van der Waals surface area contributed by atoms with E-state index in [9.17, 15) is 8.42 Å². The lowest BCUT2D eigenvalue weighted by Gasteiger charge is -2.31. The Morgan fingerprint density at radius 3 is 2.59 bits per heavy atom. The number of halogens is 1. The number of rotatable bonds is 3. The zero-order chi connectivity index (χ0) is 12.6. The number of hydrogen-bond acceptors (Lipinski definition) is 4. The van der Waals surface area contributed by atoms with Gasteiger partial charge in [-0.25, -0.2) is 13.1 Å². The van der Waals surface area contributed by atoms with E-state index in [1.807, 2.05) is 0 Å². The summed E-state index contributed by atoms with van der Waals surface area (Å²) in [6.07, 6.45) is 0.416. The third-order valence-electron chi connectivity index (χ3n) is 2.70. The molecule has 0 heterocycles. The van der Waals surface area contributed by atoms with Crippen molar-refractivity contribution in [1.82, 2.24) is 4.72 Å². The molecule has 1 saturated carbocycles. The van der Waals surface area contributed by atoms with E-state index < -0.39 is 16.1 Å². The van der Waals surface area contributed by atoms with Crippen molar-refractivity contribution in [2.45, 2.75) is 29.9 Å². The third kappa shape index (κ3) is 2.55. The van der Waals surface area contributed by atoms with Crippen LogP contribution in [0.25, 0.3) is 0 Å². The predicted octanol–water partition coefficient (Wildman–Crippen LogP) is 0.724. The van der Waals surface area contributed by atoms with Crippen molar-refractivity contribution in [3.05, 3.63) is 23.2 Å². The molecule has 17 heavy (non-hydrogen) atoms. The minimum absolute atomic E-state index is 0.0944. The minimum atomic E-state index is -3.72. The summed E-state index contributed by atoms with van der Waals surface area (Å²) in [7, 11) is -3.72. The molecule has 4 N–H and O–H groups in total. The molecule has 0 bridgehead atoms. The largest absolute Gasteiger partial charge is 0.398 e. The second-order valence-corrected chi connectivity index (χ2v) is 6.16. The lowest BCUT2D eigenvalue weighted by molar-refractivity contribution is 0.0712. The van der Waals surface area contributed by atoms with E-state index >= 15 is 0 Å². The van der Waals surface area contributed by atoms with Crippen LogP contribution in [0.1, 0.15) is 12.8 Å². The number of nitrogens with two attached hydrogens (primary N) is 1. The normalized spacial score (nSPS) is 24.4. The highest BCUT2D eigenvalue weighted by atomic mass is 35.5. The van der Waals surface area contributed by atoms with Crippen molar-refractivity contribution < 1.29 is 13.5 Å². The van der Waals surface area contributed by atoms with Crippen LogP contribution in [0, 0.1) is 0 Å². The van der Waals surface area contributed by atoms with Gasteiger partial charge in [0, 0.05) is 6.04 Å². The van der Waals surface area contributed by atoms with Gasteiger partial charge in [0.15, 0.2) is 0 Å². The Labute approximate surface area is 105 Å². The van der Waals surface area contributed by atoms with Gasteiger partial charge in [0.05, 0.1) is 16.8 Å². The van der Waals surface area contributed by atoms with Gasteiger partial charge in [0.2, 0.25) is 10.0 Å². The smallest absolute Gasteiger partial charge is 0.244 e. The average molecular weight is 277 g/mol. The fraction of sp³-hybridized carbons (Fsp3) is 0.400. The molecular formula is C10H13ClN2O3S. The Hall–Kier alpha value is -0.820. The fourth-order valence-electron chi connectivity index (χ4n) is 1.77. The van der Waals surface area contributed by atoms with Crippen LogP contribution in [0.15, 0.2) is 23.1 Å². The number of anilines is 1. The molecular weight excluding hydrogens is 264 g/mol. The summed E-state index contributed by atoms with van der Waals surface area (Å²) in [6, 6.07) is 4.30. The van der Waals surface area contributed by atoms with Gasteiger partial charge in [-0.05, 0) is 25.0 Å². The highest BCUT2D eigenvalue weighted by Gasteiger charge is 2.32. The van der Waals surface area contributed by atoms with Crippen LogP contribution >= 0.6 is 11.6 Å². The Balaban J connectivity index is 2.26. The highest BCUT2D eigenvalue weighted by Crippen LogP contribution is 2.29. The first kappa shape index (κ1) is 12.6. The van der Waals surface area contributed by atoms with Crippen LogP contribution in [-0.2, 0) is 10.0 Å². The minimum Gasteiger partial charge on any atom is -0.398 e. The Bertz CT molecular complexity index is 506. The van der Waals surface area contributed by atoms with Gasteiger partial charge in [-0.1, -0.05) is 17.7 Å². The summed E-state index contributed by atoms with van der Waals surface area (Å²) in [4.78, 5) is -0.0944. The number of nitrogens with one attached hydrogen (secondary N) is 1. The molecule has 7 heteroatoms. The topological polar surface area (TPSA) is 92.4 Å². The van der Waals surface area contributed by atoms with Gasteiger partial charge in [-0.15, -0.1) is 0 Å². The molecule has 0 saturated heterocycles. The Morgan fingerprint density at radius 2 is 2.06 bits per heavy atom. The van der Waals surface area contributed by atoms with Gasteiger partial charge < -0.3 is 10.8 Å². The van der Waals surface area contributed by atoms with Gasteiger partial charge in [-0.3, -0.25) is 0 Å². The number of aliphatic hydroxyl groups excluding tert-OH is 1. The van der Waals surface area contributed by atoms with Crippen molar-refractivity contribution >= 4 is 27.3 Å². The lowest BCUT2D eigenvalue weighted by atomic mass is 9.91. The summed E-state index contributed by atoms with van der Waals surface area (Å²) in [5.74, 6) is 0. The van der Waals surface area contributed by atoms with E-state index in [0.29, 0.717) is 12.8 Å². The van der Waals surface area contributed by atoms with E-state index in [0.717, 1.165) is 0 Å². The van der Waals surface area contributed by atoms with Crippen LogP contribution in [-0.4, -0.2) is 25.7 Å². The molecule has 94 valence electrons. The quantitative estimate of drug-likeness (QED) is 0.710. The second-order valence-electron chi connectivity index (χ2n) is 4.10. The van der Waals surface area contributed by atoms with Gasteiger partial charge in [0.1, 0.15) is 4.90 Å². The molecule has 0 amide bonds. The monoisotopic (exact) mass is 276 g/mol. The molecule has 5 nitrogen and oxygen atoms in total. The summed E-state index contributed by atoms with van der Waals surface area (Å²) in [6.45, 7) is 0. The SMILES string of the molecule is Nc1cccc(Cl)c1S(=O)(=O)NC1CC(O)C1. The van der Waals surface area contributed by atoms with E-state index in [1.165, 1.54) is 12.1 Å². The van der Waals surface area contributed by atoms with Crippen molar-refractivity contribution in [1.29, 1.82) is 0 Å². The summed E-state index contributed by atoms with van der Waals surface area (Å²) >= 11 is 5.84. The first-order valence-electron chi connectivity index (χ1n) is 5.14. The maximum absolute atomic E-state index is 12.0. The molecule has 1 fully saturated rings. The molecule has 1 aromatic rings. The molecule has 0 spiro atoms. The molecule has 0 radical (unpaired) electrons. The molecule has 2 rings (SSSR count). The third-order valence-corrected chi connectivity index (χ3v) is 4.76. The fourth-order valence-corrected chi connectivity index (χ4v) is 3.71. The molecule has 0 aromatic heterocycles. The maximum atomic E-state index is 12.0. The Morgan fingerprint density at radius 1 is 1.41 bits per heavy atom. The number of nitrogen functional groups attached to an aromatic ring is 1. The molecule has 0 atom stereocenters. The summed E-state index contributed by atoms with van der Waals surface area (Å²) < 4.78 is 26.5. The van der Waals surface area contributed by atoms with Gasteiger partial charge >= 0.3 is 0 Å². The molecule has 0 aliphatic heterocycles. The van der Waals surface area contributed by atoms with Crippen molar-refractivity contribution in [2.24, 2.45) is 0 Å². The molecule has 0 unspecified atom stereocenters. The average Bonchev–Trinajstić information content (AvgIpc) is 2.14. The Kier molecular flexibility index (Phi) is 3.31. The summed E-state index contributed by atoms with van der Waals surface area (Å²) in [5.41, 5.74) is 5.73. The standard InChI is InChI=1S/C10H13ClN2O3S/c11-8-2-1-3-9(12)10(8)17(15,16)13-6-4-7(14)5-6/h1-3,6-7,13-14H,4-5,12H2. The van der Waals surface area contributed by atoms with Crippen LogP contribution in [0.2, 0.25) is 5.02 Å². The number of benzene rings is 1. The van der Waals surface area contributed by atoms with E-state index in [-0.39, 0.29) is 21.6 Å². The number of sulfonamides is 1. The van der Waals surface area contributed by atoms with Crippen LogP contribution in [0.4, 0.5) is 5.69 Å². The van der Waals surface area contributed by atoms with Gasteiger partial charge in [-0.2, -0.15) is 0 Å². The van der Waals surface area contributed by atoms with Crippen LogP contribution < -0.4 is 10.5 Å². The highest BCUT2D eigenvalue weighted by molar-refractivity contribution is 7.89. The molecule has 1 aliphatic carbocycles. The summed E-state index contributed by atoms with van der Waals surface area (Å²) in [5, 5.41) is 9.20. The van der Waals surface area contributed by atoms with Crippen molar-refractivity contribution in [3.8, 4) is 0 Å². The maximum Gasteiger partial charge on any atom is 0.244 e. The zero-order valence-electron chi connectivity index (χ0n) is 8.93. The van der Waals surface area contributed by atoms with Crippen molar-refractivity contribution in [2.75, 3.05) is 5.73 Å². The van der Waals surface area contributed by atoms with Crippen LogP contribution in [0.5, 0.6) is 0 Å². The first-order valence-corrected chi connectivity index (χ1v) is 7.00. The zero-order valence-corrected chi connectivity index (χ0v) is 10.5. The van der Waals surface area contributed by atoms with Gasteiger partial charge in [0.25, 0.3) is 0 Å². The molecule has 1 aliphatic rings. The predicted molar refractivity (Wildman–Crippen MR) is 65.2 cm³/mol.